The molecule has 0 aliphatic carbocycles. The van der Waals surface area contributed by atoms with E-state index in [-0.39, 0.29) is 24.4 Å². The van der Waals surface area contributed by atoms with Gasteiger partial charge in [0.05, 0.1) is 24.9 Å². The highest BCUT2D eigenvalue weighted by molar-refractivity contribution is 5.94. The number of rotatable bonds is 2. The number of carbonyl (C=O) groups is 1. The van der Waals surface area contributed by atoms with Crippen LogP contribution in [0.5, 0.6) is 0 Å². The number of nitrogen functional groups attached to an aromatic ring is 1. The summed E-state index contributed by atoms with van der Waals surface area (Å²) in [7, 11) is 0. The minimum Gasteiger partial charge on any atom is -0.399 e. The number of benzene rings is 1. The van der Waals surface area contributed by atoms with Gasteiger partial charge in [-0.3, -0.25) is 4.79 Å². The number of nitrogens with zero attached hydrogens (tertiary/aromatic N) is 1. The van der Waals surface area contributed by atoms with Crippen LogP contribution in [0.4, 0.5) is 10.1 Å². The molecule has 1 aromatic rings. The second kappa shape index (κ2) is 5.32. The topological polar surface area (TPSA) is 75.8 Å². The summed E-state index contributed by atoms with van der Waals surface area (Å²) < 4.78 is 18.9. The van der Waals surface area contributed by atoms with Crippen molar-refractivity contribution in [2.45, 2.75) is 6.10 Å². The Morgan fingerprint density at radius 3 is 3.06 bits per heavy atom. The fourth-order valence-corrected chi connectivity index (χ4v) is 1.89. The number of aliphatic hydroxyl groups excluding tert-OH is 1. The van der Waals surface area contributed by atoms with Crippen molar-refractivity contribution in [3.8, 4) is 0 Å². The van der Waals surface area contributed by atoms with Crippen LogP contribution in [0.3, 0.4) is 0 Å². The summed E-state index contributed by atoms with van der Waals surface area (Å²) >= 11 is 0. The molecule has 18 heavy (non-hydrogen) atoms. The first-order valence-electron chi connectivity index (χ1n) is 5.68. The van der Waals surface area contributed by atoms with Crippen LogP contribution in [-0.2, 0) is 4.74 Å². The third kappa shape index (κ3) is 2.60. The first-order chi connectivity index (χ1) is 8.61. The zero-order valence-corrected chi connectivity index (χ0v) is 9.80. The van der Waals surface area contributed by atoms with E-state index >= 15 is 0 Å². The molecule has 1 aromatic carbocycles. The maximum atomic E-state index is 13.6. The number of nitrogens with two attached hydrogens (primary N) is 1. The smallest absolute Gasteiger partial charge is 0.257 e. The average molecular weight is 254 g/mol. The second-order valence-electron chi connectivity index (χ2n) is 4.17. The summed E-state index contributed by atoms with van der Waals surface area (Å²) in [5.41, 5.74) is 5.70. The van der Waals surface area contributed by atoms with Gasteiger partial charge >= 0.3 is 0 Å². The van der Waals surface area contributed by atoms with Crippen molar-refractivity contribution in [3.05, 3.63) is 29.6 Å². The van der Waals surface area contributed by atoms with Gasteiger partial charge in [-0.15, -0.1) is 0 Å². The van der Waals surface area contributed by atoms with E-state index in [1.807, 2.05) is 0 Å². The third-order valence-electron chi connectivity index (χ3n) is 2.85. The van der Waals surface area contributed by atoms with E-state index in [1.54, 1.807) is 0 Å². The number of hydrogen-bond donors (Lipinski definition) is 2. The van der Waals surface area contributed by atoms with Crippen LogP contribution in [0.2, 0.25) is 0 Å². The maximum absolute atomic E-state index is 13.6. The van der Waals surface area contributed by atoms with Crippen LogP contribution >= 0.6 is 0 Å². The molecule has 6 heteroatoms. The molecule has 0 radical (unpaired) electrons. The zero-order chi connectivity index (χ0) is 13.1. The Hall–Kier alpha value is -1.66. The van der Waals surface area contributed by atoms with E-state index in [0.717, 1.165) is 6.07 Å². The quantitative estimate of drug-likeness (QED) is 0.741. The van der Waals surface area contributed by atoms with Crippen LogP contribution < -0.4 is 5.73 Å². The van der Waals surface area contributed by atoms with E-state index in [4.69, 9.17) is 15.6 Å². The number of hydrogen-bond acceptors (Lipinski definition) is 4. The van der Waals surface area contributed by atoms with Gasteiger partial charge in [-0.1, -0.05) is 0 Å². The molecule has 0 bridgehead atoms. The van der Waals surface area contributed by atoms with E-state index in [2.05, 4.69) is 0 Å². The van der Waals surface area contributed by atoms with Crippen molar-refractivity contribution in [2.75, 3.05) is 32.0 Å². The number of amides is 1. The highest BCUT2D eigenvalue weighted by atomic mass is 19.1. The first kappa shape index (κ1) is 12.8. The highest BCUT2D eigenvalue weighted by Gasteiger charge is 2.26. The second-order valence-corrected chi connectivity index (χ2v) is 4.17. The molecule has 0 saturated carbocycles. The standard InChI is InChI=1S/C12H15FN2O3/c13-11-5-8(14)1-2-10(11)12(17)15-3-4-18-9(6-15)7-16/h1-2,5,9,16H,3-4,6-7,14H2. The largest absolute Gasteiger partial charge is 0.399 e. The summed E-state index contributed by atoms with van der Waals surface area (Å²) in [6.45, 7) is 0.833. The van der Waals surface area contributed by atoms with Crippen molar-refractivity contribution >= 4 is 11.6 Å². The number of halogens is 1. The molecule has 0 spiro atoms. The summed E-state index contributed by atoms with van der Waals surface area (Å²) in [6, 6.07) is 3.98. The van der Waals surface area contributed by atoms with E-state index < -0.39 is 17.8 Å². The first-order valence-corrected chi connectivity index (χ1v) is 5.68. The lowest BCUT2D eigenvalue weighted by Gasteiger charge is -2.32. The molecule has 1 atom stereocenters. The number of aliphatic hydroxyl groups is 1. The van der Waals surface area contributed by atoms with Crippen molar-refractivity contribution in [1.29, 1.82) is 0 Å². The van der Waals surface area contributed by atoms with Crippen molar-refractivity contribution in [3.63, 3.8) is 0 Å². The van der Waals surface area contributed by atoms with Gasteiger partial charge in [0.15, 0.2) is 0 Å². The molecular weight excluding hydrogens is 239 g/mol. The number of anilines is 1. The fraction of sp³-hybridized carbons (Fsp3) is 0.417. The van der Waals surface area contributed by atoms with E-state index in [1.165, 1.54) is 17.0 Å². The van der Waals surface area contributed by atoms with Crippen molar-refractivity contribution in [2.24, 2.45) is 0 Å². The van der Waals surface area contributed by atoms with Gasteiger partial charge < -0.3 is 20.5 Å². The normalized spacial score (nSPS) is 19.9. The molecule has 1 heterocycles. The Labute approximate surface area is 104 Å². The SMILES string of the molecule is Nc1ccc(C(=O)N2CCOC(CO)C2)c(F)c1. The lowest BCUT2D eigenvalue weighted by Crippen LogP contribution is -2.47. The maximum Gasteiger partial charge on any atom is 0.257 e. The minimum absolute atomic E-state index is 0.0113. The molecular formula is C12H15FN2O3. The number of carbonyl (C=O) groups excluding carboxylic acids is 1. The predicted octanol–water partition coefficient (Wildman–Crippen LogP) is 0.241. The Bertz CT molecular complexity index is 453. The fourth-order valence-electron chi connectivity index (χ4n) is 1.89. The molecule has 1 aliphatic heterocycles. The Balaban J connectivity index is 2.15. The highest BCUT2D eigenvalue weighted by Crippen LogP contribution is 2.16. The summed E-state index contributed by atoms with van der Waals surface area (Å²) in [6.07, 6.45) is -0.403. The monoisotopic (exact) mass is 254 g/mol. The Kier molecular flexibility index (Phi) is 3.78. The molecule has 5 nitrogen and oxygen atoms in total. The summed E-state index contributed by atoms with van der Waals surface area (Å²) in [4.78, 5) is 13.6. The van der Waals surface area contributed by atoms with E-state index in [9.17, 15) is 9.18 Å². The van der Waals surface area contributed by atoms with Crippen molar-refractivity contribution < 1.29 is 19.0 Å². The molecule has 0 aromatic heterocycles. The van der Waals surface area contributed by atoms with Crippen LogP contribution in [0.1, 0.15) is 10.4 Å². The number of morpholine rings is 1. The number of ether oxygens (including phenoxy) is 1. The van der Waals surface area contributed by atoms with Gasteiger partial charge in [-0.25, -0.2) is 4.39 Å². The molecule has 3 N–H and O–H groups in total. The van der Waals surface area contributed by atoms with Crippen molar-refractivity contribution in [1.82, 2.24) is 4.90 Å². The molecule has 1 saturated heterocycles. The van der Waals surface area contributed by atoms with Gasteiger partial charge in [0.1, 0.15) is 5.82 Å². The predicted molar refractivity (Wildman–Crippen MR) is 63.5 cm³/mol. The third-order valence-corrected chi connectivity index (χ3v) is 2.85. The van der Waals surface area contributed by atoms with Crippen LogP contribution in [0.25, 0.3) is 0 Å². The lowest BCUT2D eigenvalue weighted by molar-refractivity contribution is -0.0448. The zero-order valence-electron chi connectivity index (χ0n) is 9.80. The molecule has 1 unspecified atom stereocenters. The van der Waals surface area contributed by atoms with Gasteiger partial charge in [0.25, 0.3) is 5.91 Å². The summed E-state index contributed by atoms with van der Waals surface area (Å²) in [5, 5.41) is 9.00. The Morgan fingerprint density at radius 2 is 2.39 bits per heavy atom. The average Bonchev–Trinajstić information content (AvgIpc) is 2.38. The summed E-state index contributed by atoms with van der Waals surface area (Å²) in [5.74, 6) is -1.04. The lowest BCUT2D eigenvalue weighted by atomic mass is 10.1. The molecule has 2 rings (SSSR count). The van der Waals surface area contributed by atoms with Crippen LogP contribution in [0, 0.1) is 5.82 Å². The molecule has 1 amide bonds. The van der Waals surface area contributed by atoms with Crippen LogP contribution in [-0.4, -0.2) is 48.3 Å². The van der Waals surface area contributed by atoms with Crippen LogP contribution in [0.15, 0.2) is 18.2 Å². The minimum atomic E-state index is -0.632. The van der Waals surface area contributed by atoms with E-state index in [0.29, 0.717) is 13.2 Å². The molecule has 98 valence electrons. The molecule has 1 aliphatic rings. The van der Waals surface area contributed by atoms with Gasteiger partial charge in [-0.2, -0.15) is 0 Å². The van der Waals surface area contributed by atoms with Gasteiger partial charge in [-0.05, 0) is 18.2 Å². The van der Waals surface area contributed by atoms with Gasteiger partial charge in [0, 0.05) is 18.8 Å². The Morgan fingerprint density at radius 1 is 1.61 bits per heavy atom. The van der Waals surface area contributed by atoms with Gasteiger partial charge in [0.2, 0.25) is 0 Å². The molecule has 1 fully saturated rings.